The molecule has 0 radical (unpaired) electrons. The summed E-state index contributed by atoms with van der Waals surface area (Å²) in [6.45, 7) is 7.53. The molecule has 1 unspecified atom stereocenters. The van der Waals surface area contributed by atoms with Crippen molar-refractivity contribution in [2.75, 3.05) is 30.8 Å². The molecular weight excluding hydrogens is 466 g/mol. The van der Waals surface area contributed by atoms with Crippen LogP contribution in [0, 0.1) is 13.8 Å². The van der Waals surface area contributed by atoms with E-state index in [-0.39, 0.29) is 12.5 Å². The molecule has 9 heteroatoms. The van der Waals surface area contributed by atoms with Crippen LogP contribution in [-0.2, 0) is 26.2 Å². The molecule has 2 aromatic rings. The number of amides is 2. The van der Waals surface area contributed by atoms with Gasteiger partial charge in [-0.2, -0.15) is 0 Å². The Kier molecular flexibility index (Phi) is 10.1. The first-order valence-corrected chi connectivity index (χ1v) is 13.6. The molecule has 0 aliphatic carbocycles. The number of nitrogens with one attached hydrogen (secondary N) is 1. The summed E-state index contributed by atoms with van der Waals surface area (Å²) in [4.78, 5) is 27.9. The first-order chi connectivity index (χ1) is 16.5. The normalized spacial score (nSPS) is 12.1. The minimum Gasteiger partial charge on any atom is -0.497 e. The molecule has 0 aliphatic rings. The minimum atomic E-state index is -3.77. The lowest BCUT2D eigenvalue weighted by Gasteiger charge is -2.32. The molecule has 8 nitrogen and oxygen atoms in total. The molecule has 0 saturated heterocycles. The van der Waals surface area contributed by atoms with Crippen LogP contribution >= 0.6 is 0 Å². The summed E-state index contributed by atoms with van der Waals surface area (Å²) >= 11 is 0. The molecule has 0 spiro atoms. The predicted octanol–water partition coefficient (Wildman–Crippen LogP) is 3.41. The van der Waals surface area contributed by atoms with Crippen LogP contribution in [-0.4, -0.2) is 57.6 Å². The van der Waals surface area contributed by atoms with Crippen LogP contribution in [0.1, 0.15) is 43.4 Å². The number of aryl methyl sites for hydroxylation is 2. The summed E-state index contributed by atoms with van der Waals surface area (Å²) in [5.74, 6) is -0.130. The third-order valence-electron chi connectivity index (χ3n) is 5.85. The zero-order valence-corrected chi connectivity index (χ0v) is 22.3. The molecule has 0 heterocycles. The molecule has 0 aromatic heterocycles. The van der Waals surface area contributed by atoms with Gasteiger partial charge in [0.05, 0.1) is 19.1 Å². The first kappa shape index (κ1) is 28.2. The van der Waals surface area contributed by atoms with Gasteiger partial charge in [0.25, 0.3) is 0 Å². The summed E-state index contributed by atoms with van der Waals surface area (Å²) < 4.78 is 32.0. The van der Waals surface area contributed by atoms with Crippen LogP contribution < -0.4 is 14.4 Å². The van der Waals surface area contributed by atoms with Crippen LogP contribution in [0.2, 0.25) is 0 Å². The monoisotopic (exact) mass is 503 g/mol. The molecule has 0 saturated carbocycles. The van der Waals surface area contributed by atoms with Gasteiger partial charge >= 0.3 is 0 Å². The zero-order chi connectivity index (χ0) is 26.2. The van der Waals surface area contributed by atoms with E-state index >= 15 is 0 Å². The summed E-state index contributed by atoms with van der Waals surface area (Å²) in [5, 5.41) is 2.87. The molecule has 2 amide bonds. The van der Waals surface area contributed by atoms with E-state index in [0.717, 1.165) is 40.1 Å². The van der Waals surface area contributed by atoms with Crippen molar-refractivity contribution in [1.29, 1.82) is 0 Å². The average molecular weight is 504 g/mol. The highest BCUT2D eigenvalue weighted by molar-refractivity contribution is 7.92. The Morgan fingerprint density at radius 1 is 1.09 bits per heavy atom. The van der Waals surface area contributed by atoms with Gasteiger partial charge in [0.1, 0.15) is 18.3 Å². The third-order valence-corrected chi connectivity index (χ3v) is 6.96. The van der Waals surface area contributed by atoms with Gasteiger partial charge in [0.15, 0.2) is 0 Å². The summed E-state index contributed by atoms with van der Waals surface area (Å²) in [7, 11) is -2.22. The molecule has 0 fully saturated rings. The van der Waals surface area contributed by atoms with E-state index in [1.807, 2.05) is 51.1 Å². The first-order valence-electron chi connectivity index (χ1n) is 11.7. The van der Waals surface area contributed by atoms with Crippen molar-refractivity contribution in [2.24, 2.45) is 0 Å². The van der Waals surface area contributed by atoms with Crippen molar-refractivity contribution < 1.29 is 22.7 Å². The lowest BCUT2D eigenvalue weighted by molar-refractivity contribution is -0.139. The van der Waals surface area contributed by atoms with Crippen molar-refractivity contribution in [1.82, 2.24) is 10.2 Å². The molecule has 1 atom stereocenters. The van der Waals surface area contributed by atoms with Crippen molar-refractivity contribution in [3.8, 4) is 5.75 Å². The highest BCUT2D eigenvalue weighted by Gasteiger charge is 2.31. The maximum absolute atomic E-state index is 13.6. The van der Waals surface area contributed by atoms with Crippen LogP contribution in [0.3, 0.4) is 0 Å². The van der Waals surface area contributed by atoms with Crippen molar-refractivity contribution in [2.45, 2.75) is 53.1 Å². The summed E-state index contributed by atoms with van der Waals surface area (Å²) in [5.41, 5.74) is 2.73. The SMILES string of the molecule is CCCCNC(=O)C(C)N(Cc1cccc(OC)c1)C(=O)CN(c1c(C)cccc1C)S(C)(=O)=O. The Bertz CT molecular complexity index is 1110. The Hall–Kier alpha value is -3.07. The quantitative estimate of drug-likeness (QED) is 0.448. The van der Waals surface area contributed by atoms with Gasteiger partial charge in [0.2, 0.25) is 21.8 Å². The van der Waals surface area contributed by atoms with Gasteiger partial charge in [-0.1, -0.05) is 43.7 Å². The maximum Gasteiger partial charge on any atom is 0.244 e. The lowest BCUT2D eigenvalue weighted by atomic mass is 10.1. The minimum absolute atomic E-state index is 0.128. The van der Waals surface area contributed by atoms with Gasteiger partial charge in [-0.3, -0.25) is 13.9 Å². The number of benzene rings is 2. The smallest absolute Gasteiger partial charge is 0.244 e. The molecule has 35 heavy (non-hydrogen) atoms. The van der Waals surface area contributed by atoms with Crippen molar-refractivity contribution in [3.05, 3.63) is 59.2 Å². The Morgan fingerprint density at radius 2 is 1.71 bits per heavy atom. The molecule has 0 bridgehead atoms. The van der Waals surface area contributed by atoms with Gasteiger partial charge in [-0.25, -0.2) is 8.42 Å². The fourth-order valence-electron chi connectivity index (χ4n) is 3.86. The van der Waals surface area contributed by atoms with E-state index in [0.29, 0.717) is 18.0 Å². The number of anilines is 1. The molecule has 0 aliphatic heterocycles. The van der Waals surface area contributed by atoms with Crippen LogP contribution in [0.25, 0.3) is 0 Å². The highest BCUT2D eigenvalue weighted by atomic mass is 32.2. The third kappa shape index (κ3) is 7.71. The predicted molar refractivity (Wildman–Crippen MR) is 139 cm³/mol. The molecule has 192 valence electrons. The maximum atomic E-state index is 13.6. The second-order valence-electron chi connectivity index (χ2n) is 8.70. The number of unbranched alkanes of at least 4 members (excludes halogenated alkanes) is 1. The second-order valence-corrected chi connectivity index (χ2v) is 10.6. The second kappa shape index (κ2) is 12.6. The molecule has 2 rings (SSSR count). The number of para-hydroxylation sites is 1. The zero-order valence-electron chi connectivity index (χ0n) is 21.5. The number of carbonyl (C=O) groups excluding carboxylic acids is 2. The number of sulfonamides is 1. The Labute approximate surface area is 209 Å². The molecule has 2 aromatic carbocycles. The van der Waals surface area contributed by atoms with Crippen molar-refractivity contribution >= 4 is 27.5 Å². The van der Waals surface area contributed by atoms with Crippen LogP contribution in [0.4, 0.5) is 5.69 Å². The van der Waals surface area contributed by atoms with Gasteiger partial charge < -0.3 is 15.0 Å². The number of nitrogens with zero attached hydrogens (tertiary/aromatic N) is 2. The van der Waals surface area contributed by atoms with Gasteiger partial charge in [-0.15, -0.1) is 0 Å². The summed E-state index contributed by atoms with van der Waals surface area (Å²) in [6.07, 6.45) is 2.84. The van der Waals surface area contributed by atoms with E-state index in [1.54, 1.807) is 26.2 Å². The average Bonchev–Trinajstić information content (AvgIpc) is 2.80. The van der Waals surface area contributed by atoms with E-state index < -0.39 is 28.5 Å². The fraction of sp³-hybridized carbons (Fsp3) is 0.462. The van der Waals surface area contributed by atoms with Gasteiger partial charge in [0, 0.05) is 13.1 Å². The van der Waals surface area contributed by atoms with Gasteiger partial charge in [-0.05, 0) is 56.0 Å². The Morgan fingerprint density at radius 3 is 2.29 bits per heavy atom. The van der Waals surface area contributed by atoms with E-state index in [1.165, 1.54) is 4.90 Å². The van der Waals surface area contributed by atoms with Crippen LogP contribution in [0.5, 0.6) is 5.75 Å². The molecule has 1 N–H and O–H groups in total. The highest BCUT2D eigenvalue weighted by Crippen LogP contribution is 2.27. The van der Waals surface area contributed by atoms with E-state index in [9.17, 15) is 18.0 Å². The van der Waals surface area contributed by atoms with Crippen LogP contribution in [0.15, 0.2) is 42.5 Å². The number of carbonyl (C=O) groups is 2. The number of hydrogen-bond donors (Lipinski definition) is 1. The number of hydrogen-bond acceptors (Lipinski definition) is 5. The number of methoxy groups -OCH3 is 1. The summed E-state index contributed by atoms with van der Waals surface area (Å²) in [6, 6.07) is 11.9. The fourth-order valence-corrected chi connectivity index (χ4v) is 4.83. The topological polar surface area (TPSA) is 96.0 Å². The number of rotatable bonds is 12. The Balaban J connectivity index is 2.42. The standard InChI is InChI=1S/C26H37N3O5S/c1-7-8-15-27-26(31)21(4)28(17-22-13-10-14-23(16-22)34-5)24(30)18-29(35(6,32)33)25-19(2)11-9-12-20(25)3/h9-14,16,21H,7-8,15,17-18H2,1-6H3,(H,27,31). The van der Waals surface area contributed by atoms with Crippen molar-refractivity contribution in [3.63, 3.8) is 0 Å². The largest absolute Gasteiger partial charge is 0.497 e. The number of ether oxygens (including phenoxy) is 1. The van der Waals surface area contributed by atoms with E-state index in [4.69, 9.17) is 4.74 Å². The lowest BCUT2D eigenvalue weighted by Crippen LogP contribution is -2.51. The molecular formula is C26H37N3O5S. The van der Waals surface area contributed by atoms with E-state index in [2.05, 4.69) is 5.32 Å².